The number of carboxylic acids is 1. The first-order valence-corrected chi connectivity index (χ1v) is 4.91. The van der Waals surface area contributed by atoms with Crippen molar-refractivity contribution in [3.8, 4) is 5.75 Å². The van der Waals surface area contributed by atoms with Crippen LogP contribution in [0.1, 0.15) is 17.5 Å². The zero-order valence-electron chi connectivity index (χ0n) is 8.23. The monoisotopic (exact) mass is 207 g/mol. The molecule has 0 fully saturated rings. The van der Waals surface area contributed by atoms with Gasteiger partial charge in [0.2, 0.25) is 0 Å². The number of fused-ring (bicyclic) bond motifs is 1. The van der Waals surface area contributed by atoms with E-state index in [-0.39, 0.29) is 18.2 Å². The summed E-state index contributed by atoms with van der Waals surface area (Å²) in [5.41, 5.74) is 2.18. The second kappa shape index (κ2) is 3.90. The number of nitrogens with one attached hydrogen (secondary N) is 1. The number of phenolic OH excluding ortho intramolecular Hbond substituents is 1. The highest BCUT2D eigenvalue weighted by molar-refractivity contribution is 5.67. The number of carbonyl (C=O) groups is 1. The second-order valence-electron chi connectivity index (χ2n) is 3.83. The molecule has 0 amide bonds. The Labute approximate surface area is 87.6 Å². The minimum absolute atomic E-state index is 0.000423. The van der Waals surface area contributed by atoms with Crippen LogP contribution >= 0.6 is 0 Å². The van der Waals surface area contributed by atoms with E-state index in [1.54, 1.807) is 12.1 Å². The highest BCUT2D eigenvalue weighted by atomic mass is 16.4. The van der Waals surface area contributed by atoms with Crippen molar-refractivity contribution in [2.75, 3.05) is 0 Å². The van der Waals surface area contributed by atoms with Gasteiger partial charge in [-0.3, -0.25) is 4.79 Å². The van der Waals surface area contributed by atoms with E-state index in [1.165, 1.54) is 0 Å². The molecule has 1 atom stereocenters. The average molecular weight is 207 g/mol. The van der Waals surface area contributed by atoms with Gasteiger partial charge in [0, 0.05) is 12.6 Å². The molecule has 1 aliphatic rings. The fourth-order valence-corrected chi connectivity index (χ4v) is 1.92. The molecule has 4 nitrogen and oxygen atoms in total. The number of rotatable bonds is 2. The van der Waals surface area contributed by atoms with Crippen LogP contribution in [0.3, 0.4) is 0 Å². The molecule has 15 heavy (non-hydrogen) atoms. The van der Waals surface area contributed by atoms with Gasteiger partial charge in [-0.25, -0.2) is 0 Å². The van der Waals surface area contributed by atoms with Crippen LogP contribution in [0.25, 0.3) is 0 Å². The van der Waals surface area contributed by atoms with Crippen LogP contribution < -0.4 is 5.32 Å². The average Bonchev–Trinajstić information content (AvgIpc) is 2.17. The molecule has 1 heterocycles. The molecular formula is C11H13NO3. The van der Waals surface area contributed by atoms with Gasteiger partial charge in [0.05, 0.1) is 6.42 Å². The maximum Gasteiger partial charge on any atom is 0.304 e. The molecule has 2 rings (SSSR count). The molecule has 0 bridgehead atoms. The van der Waals surface area contributed by atoms with Crippen molar-refractivity contribution >= 4 is 5.97 Å². The molecule has 0 aliphatic carbocycles. The summed E-state index contributed by atoms with van der Waals surface area (Å²) in [6.07, 6.45) is 0.849. The van der Waals surface area contributed by atoms with E-state index in [4.69, 9.17) is 5.11 Å². The largest absolute Gasteiger partial charge is 0.508 e. The van der Waals surface area contributed by atoms with Gasteiger partial charge >= 0.3 is 5.97 Å². The van der Waals surface area contributed by atoms with E-state index < -0.39 is 5.97 Å². The quantitative estimate of drug-likeness (QED) is 0.673. The van der Waals surface area contributed by atoms with E-state index in [0.29, 0.717) is 13.0 Å². The predicted molar refractivity (Wildman–Crippen MR) is 54.7 cm³/mol. The van der Waals surface area contributed by atoms with Crippen LogP contribution in [-0.4, -0.2) is 22.2 Å². The Hall–Kier alpha value is -1.55. The molecule has 1 unspecified atom stereocenters. The Morgan fingerprint density at radius 2 is 2.27 bits per heavy atom. The molecule has 1 aromatic rings. The van der Waals surface area contributed by atoms with Crippen LogP contribution in [0, 0.1) is 0 Å². The van der Waals surface area contributed by atoms with Crippen molar-refractivity contribution in [2.45, 2.75) is 25.4 Å². The maximum atomic E-state index is 10.6. The van der Waals surface area contributed by atoms with Crippen LogP contribution in [-0.2, 0) is 17.8 Å². The number of aromatic hydroxyl groups is 1. The van der Waals surface area contributed by atoms with Crippen molar-refractivity contribution in [1.82, 2.24) is 5.32 Å². The van der Waals surface area contributed by atoms with Crippen LogP contribution in [0.5, 0.6) is 5.75 Å². The first kappa shape index (κ1) is 9.98. The van der Waals surface area contributed by atoms with Crippen LogP contribution in [0.2, 0.25) is 0 Å². The molecule has 0 saturated carbocycles. The van der Waals surface area contributed by atoms with Gasteiger partial charge in [-0.05, 0) is 29.7 Å². The molecule has 0 spiro atoms. The molecule has 0 radical (unpaired) electrons. The first-order chi connectivity index (χ1) is 7.15. The number of carboxylic acid groups (broad SMARTS) is 1. The van der Waals surface area contributed by atoms with Crippen LogP contribution in [0.15, 0.2) is 18.2 Å². The zero-order valence-corrected chi connectivity index (χ0v) is 8.23. The first-order valence-electron chi connectivity index (χ1n) is 4.91. The van der Waals surface area contributed by atoms with Crippen molar-refractivity contribution in [3.63, 3.8) is 0 Å². The zero-order chi connectivity index (χ0) is 10.8. The molecule has 0 saturated heterocycles. The molecule has 4 heteroatoms. The second-order valence-corrected chi connectivity index (χ2v) is 3.83. The minimum atomic E-state index is -0.783. The van der Waals surface area contributed by atoms with Gasteiger partial charge in [0.25, 0.3) is 0 Å². The predicted octanol–water partition coefficient (Wildman–Crippen LogP) is 0.881. The van der Waals surface area contributed by atoms with Gasteiger partial charge in [-0.1, -0.05) is 6.07 Å². The molecule has 1 aliphatic heterocycles. The van der Waals surface area contributed by atoms with Gasteiger partial charge in [-0.15, -0.1) is 0 Å². The Kier molecular flexibility index (Phi) is 2.60. The standard InChI is InChI=1S/C11H13NO3/c13-10-2-1-7-3-9(5-11(14)15)12-6-8(7)4-10/h1-2,4,9,12-13H,3,5-6H2,(H,14,15). The highest BCUT2D eigenvalue weighted by Gasteiger charge is 2.20. The van der Waals surface area contributed by atoms with E-state index in [9.17, 15) is 9.90 Å². The lowest BCUT2D eigenvalue weighted by molar-refractivity contribution is -0.137. The lowest BCUT2D eigenvalue weighted by Crippen LogP contribution is -2.37. The lowest BCUT2D eigenvalue weighted by Gasteiger charge is -2.25. The van der Waals surface area contributed by atoms with Gasteiger partial charge in [0.1, 0.15) is 5.75 Å². The summed E-state index contributed by atoms with van der Waals surface area (Å²) in [6.45, 7) is 0.627. The molecule has 1 aromatic carbocycles. The number of hydrogen-bond acceptors (Lipinski definition) is 3. The van der Waals surface area contributed by atoms with E-state index >= 15 is 0 Å². The van der Waals surface area contributed by atoms with E-state index in [2.05, 4.69) is 5.32 Å². The van der Waals surface area contributed by atoms with Gasteiger partial charge < -0.3 is 15.5 Å². The fraction of sp³-hybridized carbons (Fsp3) is 0.364. The third kappa shape index (κ3) is 2.27. The Balaban J connectivity index is 2.13. The van der Waals surface area contributed by atoms with Gasteiger partial charge in [-0.2, -0.15) is 0 Å². The Morgan fingerprint density at radius 3 is 3.00 bits per heavy atom. The van der Waals surface area contributed by atoms with Gasteiger partial charge in [0.15, 0.2) is 0 Å². The number of benzene rings is 1. The SMILES string of the molecule is O=C(O)CC1Cc2ccc(O)cc2CN1. The summed E-state index contributed by atoms with van der Waals surface area (Å²) in [4.78, 5) is 10.6. The summed E-state index contributed by atoms with van der Waals surface area (Å²) in [6, 6.07) is 5.22. The van der Waals surface area contributed by atoms with Crippen molar-refractivity contribution < 1.29 is 15.0 Å². The number of hydrogen-bond donors (Lipinski definition) is 3. The van der Waals surface area contributed by atoms with E-state index in [1.807, 2.05) is 6.07 Å². The fourth-order valence-electron chi connectivity index (χ4n) is 1.92. The minimum Gasteiger partial charge on any atom is -0.508 e. The Bertz CT molecular complexity index is 389. The van der Waals surface area contributed by atoms with Crippen molar-refractivity contribution in [1.29, 1.82) is 0 Å². The molecule has 0 aromatic heterocycles. The topological polar surface area (TPSA) is 69.6 Å². The summed E-state index contributed by atoms with van der Waals surface area (Å²) in [5, 5.41) is 21.1. The number of aliphatic carboxylic acids is 1. The maximum absolute atomic E-state index is 10.6. The van der Waals surface area contributed by atoms with Crippen molar-refractivity contribution in [2.24, 2.45) is 0 Å². The number of phenols is 1. The van der Waals surface area contributed by atoms with Crippen LogP contribution in [0.4, 0.5) is 0 Å². The highest BCUT2D eigenvalue weighted by Crippen LogP contribution is 2.22. The lowest BCUT2D eigenvalue weighted by atomic mass is 9.94. The third-order valence-electron chi connectivity index (χ3n) is 2.66. The smallest absolute Gasteiger partial charge is 0.304 e. The molecular weight excluding hydrogens is 194 g/mol. The molecule has 3 N–H and O–H groups in total. The summed E-state index contributed by atoms with van der Waals surface area (Å²) >= 11 is 0. The summed E-state index contributed by atoms with van der Waals surface area (Å²) in [7, 11) is 0. The Morgan fingerprint density at radius 1 is 1.47 bits per heavy atom. The third-order valence-corrected chi connectivity index (χ3v) is 2.66. The normalized spacial score (nSPS) is 19.6. The van der Waals surface area contributed by atoms with E-state index in [0.717, 1.165) is 11.1 Å². The van der Waals surface area contributed by atoms with Crippen molar-refractivity contribution in [3.05, 3.63) is 29.3 Å². The summed E-state index contributed by atoms with van der Waals surface area (Å²) in [5.74, 6) is -0.526. The molecule has 80 valence electrons. The summed E-state index contributed by atoms with van der Waals surface area (Å²) < 4.78 is 0.